The number of nitrogens with zero attached hydrogens (tertiary/aromatic N) is 4. The van der Waals surface area contributed by atoms with Gasteiger partial charge in [0, 0.05) is 23.6 Å². The lowest BCUT2D eigenvalue weighted by atomic mass is 10.2. The second-order valence-corrected chi connectivity index (χ2v) is 5.78. The minimum absolute atomic E-state index is 0.0101. The second-order valence-electron chi connectivity index (χ2n) is 4.99. The normalized spacial score (nSPS) is 10.3. The average Bonchev–Trinajstić information content (AvgIpc) is 2.68. The number of ether oxygens (including phenoxy) is 1. The lowest BCUT2D eigenvalue weighted by Crippen LogP contribution is -2.22. The molecule has 1 aromatic carbocycles. The first-order valence-electron chi connectivity index (χ1n) is 7.33. The Morgan fingerprint density at radius 1 is 1.24 bits per heavy atom. The largest absolute Gasteiger partial charge is 0.497 e. The molecule has 0 radical (unpaired) electrons. The van der Waals surface area contributed by atoms with E-state index in [1.54, 1.807) is 56.1 Å². The number of rotatable bonds is 4. The zero-order valence-electron chi connectivity index (χ0n) is 13.6. The van der Waals surface area contributed by atoms with Crippen LogP contribution in [0.5, 0.6) is 5.75 Å². The molecule has 0 amide bonds. The second kappa shape index (κ2) is 7.20. The van der Waals surface area contributed by atoms with Gasteiger partial charge in [0.25, 0.3) is 11.2 Å². The highest BCUT2D eigenvalue weighted by molar-refractivity contribution is 7.98. The Morgan fingerprint density at radius 3 is 2.56 bits per heavy atom. The first-order chi connectivity index (χ1) is 12.2. The van der Waals surface area contributed by atoms with E-state index in [1.165, 1.54) is 16.3 Å². The fourth-order valence-electron chi connectivity index (χ4n) is 2.39. The number of hydrogen-bond acceptors (Lipinski definition) is 5. The van der Waals surface area contributed by atoms with Crippen molar-refractivity contribution >= 4 is 17.4 Å². The molecular formula is C18H14N4O2S. The average molecular weight is 350 g/mol. The summed E-state index contributed by atoms with van der Waals surface area (Å²) in [7, 11) is 1.58. The van der Waals surface area contributed by atoms with Gasteiger partial charge in [-0.2, -0.15) is 0 Å². The summed E-state index contributed by atoms with van der Waals surface area (Å²) in [6.07, 6.45) is 5.09. The third kappa shape index (κ3) is 3.12. The van der Waals surface area contributed by atoms with Gasteiger partial charge < -0.3 is 4.74 Å². The van der Waals surface area contributed by atoms with Crippen LogP contribution in [0, 0.1) is 6.57 Å². The van der Waals surface area contributed by atoms with Gasteiger partial charge in [0.1, 0.15) is 16.6 Å². The van der Waals surface area contributed by atoms with Crippen LogP contribution >= 0.6 is 11.8 Å². The molecule has 0 spiro atoms. The molecule has 7 heteroatoms. The fourth-order valence-corrected chi connectivity index (χ4v) is 2.89. The van der Waals surface area contributed by atoms with E-state index in [1.807, 2.05) is 6.07 Å². The van der Waals surface area contributed by atoms with E-state index in [9.17, 15) is 4.79 Å². The van der Waals surface area contributed by atoms with Crippen molar-refractivity contribution in [1.82, 2.24) is 14.5 Å². The molecule has 124 valence electrons. The van der Waals surface area contributed by atoms with Crippen molar-refractivity contribution in [3.05, 3.63) is 70.6 Å². The quantitative estimate of drug-likeness (QED) is 0.409. The number of hydrogen-bond donors (Lipinski definition) is 0. The molecule has 0 aliphatic carbocycles. The number of methoxy groups -OCH3 is 1. The SMILES string of the molecule is [C-]#[N+]c1c(SC)nc(-c2cccnc2)n(-c2ccc(OC)cc2)c1=O. The van der Waals surface area contributed by atoms with Gasteiger partial charge >= 0.3 is 0 Å². The Kier molecular flexibility index (Phi) is 4.82. The molecule has 0 aliphatic heterocycles. The highest BCUT2D eigenvalue weighted by Gasteiger charge is 2.19. The van der Waals surface area contributed by atoms with Gasteiger partial charge in [-0.05, 0) is 42.7 Å². The van der Waals surface area contributed by atoms with Crippen molar-refractivity contribution in [2.45, 2.75) is 5.03 Å². The summed E-state index contributed by atoms with van der Waals surface area (Å²) in [6, 6.07) is 10.6. The van der Waals surface area contributed by atoms with Crippen molar-refractivity contribution in [3.63, 3.8) is 0 Å². The smallest absolute Gasteiger partial charge is 0.282 e. The van der Waals surface area contributed by atoms with Gasteiger partial charge in [-0.1, -0.05) is 0 Å². The first-order valence-corrected chi connectivity index (χ1v) is 8.55. The van der Waals surface area contributed by atoms with Crippen LogP contribution in [0.2, 0.25) is 0 Å². The minimum atomic E-state index is -0.404. The van der Waals surface area contributed by atoms with Crippen molar-refractivity contribution in [1.29, 1.82) is 0 Å². The van der Waals surface area contributed by atoms with Gasteiger partial charge in [-0.25, -0.2) is 9.83 Å². The van der Waals surface area contributed by atoms with Gasteiger partial charge in [-0.15, -0.1) is 11.8 Å². The standard InChI is InChI=1S/C18H14N4O2S/c1-19-15-17(25-3)21-16(12-5-4-10-20-11-12)22(18(15)23)13-6-8-14(24-2)9-7-13/h4-11H,2-3H3. The number of benzene rings is 1. The molecular weight excluding hydrogens is 336 g/mol. The van der Waals surface area contributed by atoms with Gasteiger partial charge in [0.2, 0.25) is 0 Å². The van der Waals surface area contributed by atoms with E-state index in [2.05, 4.69) is 14.8 Å². The van der Waals surface area contributed by atoms with E-state index < -0.39 is 5.56 Å². The van der Waals surface area contributed by atoms with Crippen LogP contribution in [0.25, 0.3) is 21.9 Å². The van der Waals surface area contributed by atoms with Gasteiger partial charge in [0.15, 0.2) is 0 Å². The molecule has 0 saturated heterocycles. The molecule has 0 aliphatic rings. The number of aromatic nitrogens is 3. The van der Waals surface area contributed by atoms with E-state index >= 15 is 0 Å². The van der Waals surface area contributed by atoms with E-state index in [0.717, 1.165) is 0 Å². The minimum Gasteiger partial charge on any atom is -0.497 e. The van der Waals surface area contributed by atoms with Crippen LogP contribution in [-0.4, -0.2) is 27.9 Å². The third-order valence-electron chi connectivity index (χ3n) is 3.58. The summed E-state index contributed by atoms with van der Waals surface area (Å²) in [5, 5.41) is 0.406. The Balaban J connectivity index is 2.35. The lowest BCUT2D eigenvalue weighted by molar-refractivity contribution is 0.414. The molecule has 6 nitrogen and oxygen atoms in total. The summed E-state index contributed by atoms with van der Waals surface area (Å²) in [4.78, 5) is 25.0. The van der Waals surface area contributed by atoms with Crippen molar-refractivity contribution in [3.8, 4) is 22.8 Å². The Bertz CT molecular complexity index is 993. The number of pyridine rings is 1. The predicted molar refractivity (Wildman–Crippen MR) is 97.7 cm³/mol. The summed E-state index contributed by atoms with van der Waals surface area (Å²) < 4.78 is 6.60. The molecule has 0 atom stereocenters. The van der Waals surface area contributed by atoms with Crippen LogP contribution in [0.15, 0.2) is 58.6 Å². The van der Waals surface area contributed by atoms with Crippen LogP contribution in [0.1, 0.15) is 0 Å². The maximum Gasteiger partial charge on any atom is 0.282 e. The van der Waals surface area contributed by atoms with Crippen LogP contribution in [0.4, 0.5) is 5.69 Å². The predicted octanol–water partition coefficient (Wildman–Crippen LogP) is 3.58. The molecule has 2 aromatic heterocycles. The monoisotopic (exact) mass is 350 g/mol. The topological polar surface area (TPSA) is 61.4 Å². The molecule has 0 bridgehead atoms. The molecule has 0 saturated carbocycles. The van der Waals surface area contributed by atoms with Gasteiger partial charge in [-0.3, -0.25) is 14.3 Å². The summed E-state index contributed by atoms with van der Waals surface area (Å²) in [5.74, 6) is 1.12. The third-order valence-corrected chi connectivity index (χ3v) is 4.25. The molecule has 2 heterocycles. The maximum atomic E-state index is 13.0. The number of thioether (sulfide) groups is 1. The summed E-state index contributed by atoms with van der Waals surface area (Å²) >= 11 is 1.27. The molecule has 3 aromatic rings. The Hall–Kier alpha value is -3.11. The molecule has 25 heavy (non-hydrogen) atoms. The van der Waals surface area contributed by atoms with Crippen LogP contribution < -0.4 is 10.3 Å². The zero-order chi connectivity index (χ0) is 17.8. The highest BCUT2D eigenvalue weighted by atomic mass is 32.2. The Labute approximate surface area is 149 Å². The Morgan fingerprint density at radius 2 is 2.00 bits per heavy atom. The molecule has 0 unspecified atom stereocenters. The highest BCUT2D eigenvalue weighted by Crippen LogP contribution is 2.28. The van der Waals surface area contributed by atoms with E-state index in [4.69, 9.17) is 11.3 Å². The van der Waals surface area contributed by atoms with Crippen molar-refractivity contribution in [2.75, 3.05) is 13.4 Å². The fraction of sp³-hybridized carbons (Fsp3) is 0.111. The van der Waals surface area contributed by atoms with Gasteiger partial charge in [0.05, 0.1) is 13.7 Å². The molecule has 3 rings (SSSR count). The molecule has 0 fully saturated rings. The van der Waals surface area contributed by atoms with Crippen molar-refractivity contribution < 1.29 is 4.74 Å². The van der Waals surface area contributed by atoms with Crippen LogP contribution in [-0.2, 0) is 0 Å². The summed E-state index contributed by atoms with van der Waals surface area (Å²) in [6.45, 7) is 7.35. The maximum absolute atomic E-state index is 13.0. The lowest BCUT2D eigenvalue weighted by Gasteiger charge is -2.15. The van der Waals surface area contributed by atoms with Crippen molar-refractivity contribution in [2.24, 2.45) is 0 Å². The molecule has 0 N–H and O–H groups in total. The summed E-state index contributed by atoms with van der Waals surface area (Å²) in [5.41, 5.74) is 0.909. The zero-order valence-corrected chi connectivity index (χ0v) is 14.4. The van der Waals surface area contributed by atoms with E-state index in [-0.39, 0.29) is 5.69 Å². The van der Waals surface area contributed by atoms with Crippen LogP contribution in [0.3, 0.4) is 0 Å². The van der Waals surface area contributed by atoms with E-state index in [0.29, 0.717) is 27.9 Å². The first kappa shape index (κ1) is 16.7.